The van der Waals surface area contributed by atoms with E-state index in [0.29, 0.717) is 0 Å². The highest BCUT2D eigenvalue weighted by Gasteiger charge is 1.96. The number of hydrogen-bond donors (Lipinski definition) is 3. The molecule has 3 N–H and O–H groups in total. The molecule has 0 aromatic carbocycles. The lowest BCUT2D eigenvalue weighted by atomic mass is 10.0. The van der Waals surface area contributed by atoms with E-state index in [4.69, 9.17) is 22.6 Å². The van der Waals surface area contributed by atoms with Crippen LogP contribution < -0.4 is 0 Å². The van der Waals surface area contributed by atoms with Gasteiger partial charge in [0.1, 0.15) is 0 Å². The molecule has 0 amide bonds. The van der Waals surface area contributed by atoms with Crippen molar-refractivity contribution in [1.29, 1.82) is 0 Å². The zero-order valence-electron chi connectivity index (χ0n) is 13.6. The summed E-state index contributed by atoms with van der Waals surface area (Å²) in [6.45, 7) is 4.16. The van der Waals surface area contributed by atoms with Crippen LogP contribution in [-0.4, -0.2) is 28.7 Å². The van der Waals surface area contributed by atoms with E-state index in [1.54, 1.807) is 0 Å². The zero-order valence-corrected chi connectivity index (χ0v) is 14.4. The van der Waals surface area contributed by atoms with Crippen LogP contribution in [0.5, 0.6) is 0 Å². The lowest BCUT2D eigenvalue weighted by Gasteiger charge is -2.04. The Bertz CT molecular complexity index is 280. The van der Waals surface area contributed by atoms with E-state index < -0.39 is 10.4 Å². The minimum Gasteiger partial charge on any atom is -0.393 e. The van der Waals surface area contributed by atoms with E-state index in [-0.39, 0.29) is 6.10 Å². The summed E-state index contributed by atoms with van der Waals surface area (Å²) in [6, 6.07) is 0. The summed E-state index contributed by atoms with van der Waals surface area (Å²) in [4.78, 5) is 0. The van der Waals surface area contributed by atoms with Gasteiger partial charge in [0, 0.05) is 0 Å². The van der Waals surface area contributed by atoms with Crippen molar-refractivity contribution in [3.05, 3.63) is 0 Å². The quantitative estimate of drug-likeness (QED) is 0.364. The highest BCUT2D eigenvalue weighted by Crippen LogP contribution is 2.12. The highest BCUT2D eigenvalue weighted by atomic mass is 32.3. The van der Waals surface area contributed by atoms with Gasteiger partial charge in [-0.25, -0.2) is 0 Å². The standard InChI is InChI=1S/C15H32O.H2O4S/c1-3-4-5-6-7-8-9-10-11-12-13-14-15(2)16;1-5(2,3)4/h15-16H,3-14H2,1-2H3;(H2,1,2,3,4). The van der Waals surface area contributed by atoms with Gasteiger partial charge in [-0.05, 0) is 13.3 Å². The topological polar surface area (TPSA) is 94.8 Å². The molecule has 0 bridgehead atoms. The van der Waals surface area contributed by atoms with Crippen LogP contribution in [0.4, 0.5) is 0 Å². The Morgan fingerprint density at radius 1 is 0.762 bits per heavy atom. The van der Waals surface area contributed by atoms with E-state index in [1.165, 1.54) is 70.6 Å². The molecule has 0 aliphatic heterocycles. The second-order valence-electron chi connectivity index (χ2n) is 5.62. The Kier molecular flexibility index (Phi) is 17.8. The fourth-order valence-electron chi connectivity index (χ4n) is 2.10. The average molecular weight is 326 g/mol. The molecule has 5 nitrogen and oxygen atoms in total. The van der Waals surface area contributed by atoms with Crippen molar-refractivity contribution in [3.8, 4) is 0 Å². The Hall–Kier alpha value is -0.170. The molecule has 0 saturated heterocycles. The summed E-state index contributed by atoms with van der Waals surface area (Å²) in [5.41, 5.74) is 0. The van der Waals surface area contributed by atoms with Gasteiger partial charge in [0.2, 0.25) is 0 Å². The lowest BCUT2D eigenvalue weighted by molar-refractivity contribution is 0.180. The van der Waals surface area contributed by atoms with Crippen molar-refractivity contribution in [1.82, 2.24) is 0 Å². The number of aliphatic hydroxyl groups is 1. The number of rotatable bonds is 12. The molecule has 0 aromatic rings. The van der Waals surface area contributed by atoms with Crippen LogP contribution >= 0.6 is 0 Å². The minimum absolute atomic E-state index is 0.0986. The first-order valence-corrected chi connectivity index (χ1v) is 9.55. The van der Waals surface area contributed by atoms with Crippen molar-refractivity contribution in [2.24, 2.45) is 0 Å². The third-order valence-corrected chi connectivity index (χ3v) is 3.23. The molecular weight excluding hydrogens is 292 g/mol. The molecule has 0 aromatic heterocycles. The highest BCUT2D eigenvalue weighted by molar-refractivity contribution is 7.79. The molecule has 130 valence electrons. The smallest absolute Gasteiger partial charge is 0.393 e. The molecule has 0 spiro atoms. The number of hydrogen-bond acceptors (Lipinski definition) is 3. The molecule has 0 fully saturated rings. The SMILES string of the molecule is CCCCCCCCCCCCCC(C)O.O=S(=O)(O)O. The van der Waals surface area contributed by atoms with Crippen LogP contribution in [0.15, 0.2) is 0 Å². The Balaban J connectivity index is 0. The van der Waals surface area contributed by atoms with Gasteiger partial charge in [0.15, 0.2) is 0 Å². The number of aliphatic hydroxyl groups excluding tert-OH is 1. The molecule has 0 saturated carbocycles. The van der Waals surface area contributed by atoms with E-state index in [1.807, 2.05) is 6.92 Å². The summed E-state index contributed by atoms with van der Waals surface area (Å²) in [6.07, 6.45) is 16.1. The molecule has 0 rings (SSSR count). The van der Waals surface area contributed by atoms with Crippen LogP contribution in [0.2, 0.25) is 0 Å². The average Bonchev–Trinajstić information content (AvgIpc) is 2.33. The molecule has 0 aliphatic rings. The minimum atomic E-state index is -4.67. The summed E-state index contributed by atoms with van der Waals surface area (Å²) < 4.78 is 31.6. The molecular formula is C15H34O5S. The fourth-order valence-corrected chi connectivity index (χ4v) is 2.10. The van der Waals surface area contributed by atoms with Crippen molar-refractivity contribution in [3.63, 3.8) is 0 Å². The van der Waals surface area contributed by atoms with Gasteiger partial charge >= 0.3 is 10.4 Å². The van der Waals surface area contributed by atoms with E-state index in [9.17, 15) is 0 Å². The predicted molar refractivity (Wildman–Crippen MR) is 86.9 cm³/mol. The largest absolute Gasteiger partial charge is 0.394 e. The third kappa shape index (κ3) is 38.3. The summed E-state index contributed by atoms with van der Waals surface area (Å²) in [5, 5.41) is 9.10. The Morgan fingerprint density at radius 2 is 1.05 bits per heavy atom. The van der Waals surface area contributed by atoms with Gasteiger partial charge in [-0.2, -0.15) is 8.42 Å². The molecule has 21 heavy (non-hydrogen) atoms. The summed E-state index contributed by atoms with van der Waals surface area (Å²) >= 11 is 0. The van der Waals surface area contributed by atoms with Gasteiger partial charge in [-0.1, -0.05) is 77.6 Å². The second-order valence-corrected chi connectivity index (χ2v) is 6.52. The Labute approximate surface area is 130 Å². The van der Waals surface area contributed by atoms with Crippen LogP contribution in [0.3, 0.4) is 0 Å². The van der Waals surface area contributed by atoms with Crippen LogP contribution in [-0.2, 0) is 10.4 Å². The third-order valence-electron chi connectivity index (χ3n) is 3.23. The predicted octanol–water partition coefficient (Wildman–Crippen LogP) is 4.42. The maximum Gasteiger partial charge on any atom is 0.394 e. The monoisotopic (exact) mass is 326 g/mol. The zero-order chi connectivity index (χ0) is 16.6. The van der Waals surface area contributed by atoms with Gasteiger partial charge in [0.25, 0.3) is 0 Å². The van der Waals surface area contributed by atoms with E-state index in [2.05, 4.69) is 6.92 Å². The number of unbranched alkanes of at least 4 members (excludes halogenated alkanes) is 10. The molecule has 0 radical (unpaired) electrons. The van der Waals surface area contributed by atoms with Gasteiger partial charge in [0.05, 0.1) is 6.10 Å². The Morgan fingerprint density at radius 3 is 1.33 bits per heavy atom. The van der Waals surface area contributed by atoms with Crippen molar-refractivity contribution in [2.75, 3.05) is 0 Å². The van der Waals surface area contributed by atoms with Gasteiger partial charge in [-0.15, -0.1) is 0 Å². The molecule has 1 unspecified atom stereocenters. The summed E-state index contributed by atoms with van der Waals surface area (Å²) in [7, 11) is -4.67. The van der Waals surface area contributed by atoms with Crippen LogP contribution in [0.25, 0.3) is 0 Å². The van der Waals surface area contributed by atoms with Crippen molar-refractivity contribution >= 4 is 10.4 Å². The van der Waals surface area contributed by atoms with Crippen LogP contribution in [0, 0.1) is 0 Å². The first-order chi connectivity index (χ1) is 9.77. The maximum absolute atomic E-state index is 9.10. The molecule has 1 atom stereocenters. The van der Waals surface area contributed by atoms with Crippen LogP contribution in [0.1, 0.15) is 90.9 Å². The summed E-state index contributed by atoms with van der Waals surface area (Å²) in [5.74, 6) is 0. The first kappa shape index (κ1) is 23.1. The fraction of sp³-hybridized carbons (Fsp3) is 1.00. The van der Waals surface area contributed by atoms with Gasteiger partial charge in [-0.3, -0.25) is 9.11 Å². The molecule has 0 aliphatic carbocycles. The molecule has 0 heterocycles. The normalized spacial score (nSPS) is 12.6. The van der Waals surface area contributed by atoms with Crippen molar-refractivity contribution < 1.29 is 22.6 Å². The molecule has 6 heteroatoms. The lowest BCUT2D eigenvalue weighted by Crippen LogP contribution is -1.98. The maximum atomic E-state index is 9.10. The second kappa shape index (κ2) is 16.2. The van der Waals surface area contributed by atoms with Crippen molar-refractivity contribution in [2.45, 2.75) is 97.0 Å². The first-order valence-electron chi connectivity index (χ1n) is 8.15. The van der Waals surface area contributed by atoms with E-state index >= 15 is 0 Å². The van der Waals surface area contributed by atoms with E-state index in [0.717, 1.165) is 6.42 Å². The van der Waals surface area contributed by atoms with Gasteiger partial charge < -0.3 is 5.11 Å².